The Morgan fingerprint density at radius 2 is 1.59 bits per heavy atom. The van der Waals surface area contributed by atoms with Crippen molar-refractivity contribution in [2.45, 2.75) is 110 Å². The number of hydrogen-bond acceptors (Lipinski definition) is 3. The summed E-state index contributed by atoms with van der Waals surface area (Å²) in [5.41, 5.74) is 0.731. The molecule has 0 saturated heterocycles. The van der Waals surface area contributed by atoms with Gasteiger partial charge < -0.3 is 15.3 Å². The number of rotatable bonds is 6. The lowest BCUT2D eigenvalue weighted by atomic mass is 9.43. The van der Waals surface area contributed by atoms with Gasteiger partial charge in [-0.05, 0) is 104 Å². The van der Waals surface area contributed by atoms with Crippen molar-refractivity contribution in [1.29, 1.82) is 0 Å². The second kappa shape index (κ2) is 8.43. The summed E-state index contributed by atoms with van der Waals surface area (Å²) in [4.78, 5) is 0. The lowest BCUT2D eigenvalue weighted by Crippen LogP contribution is -2.58. The standard InChI is InChI=1S/C26H46O3/c1-17(7-5-4-6-14-27)20-8-9-21-24-22(11-13-26(20,21)3)25(2)12-10-19(28)15-18(25)16-23(24)29/h17-24,27-29H,4-16H2,1-3H3/t17-,18+,19-,20-,21+,22+,23+,24+,25+,26-/m1/s1. The molecule has 3 N–H and O–H groups in total. The minimum Gasteiger partial charge on any atom is -0.396 e. The van der Waals surface area contributed by atoms with Crippen LogP contribution < -0.4 is 0 Å². The average molecular weight is 407 g/mol. The van der Waals surface area contributed by atoms with Crippen LogP contribution in [0.15, 0.2) is 0 Å². The fourth-order valence-corrected chi connectivity index (χ4v) is 9.13. The Morgan fingerprint density at radius 1 is 0.862 bits per heavy atom. The summed E-state index contributed by atoms with van der Waals surface area (Å²) in [5.74, 6) is 3.89. The van der Waals surface area contributed by atoms with Gasteiger partial charge in [0.2, 0.25) is 0 Å². The van der Waals surface area contributed by atoms with Gasteiger partial charge in [-0.3, -0.25) is 0 Å². The molecule has 0 aromatic rings. The highest BCUT2D eigenvalue weighted by atomic mass is 16.3. The number of unbranched alkanes of at least 4 members (excludes halogenated alkanes) is 2. The maximum Gasteiger partial charge on any atom is 0.0577 e. The molecule has 0 aromatic carbocycles. The van der Waals surface area contributed by atoms with E-state index in [0.717, 1.165) is 50.4 Å². The van der Waals surface area contributed by atoms with Crippen molar-refractivity contribution in [2.75, 3.05) is 6.61 Å². The molecular formula is C26H46O3. The van der Waals surface area contributed by atoms with Crippen LogP contribution in [-0.2, 0) is 0 Å². The van der Waals surface area contributed by atoms with E-state index in [2.05, 4.69) is 20.8 Å². The van der Waals surface area contributed by atoms with Crippen LogP contribution >= 0.6 is 0 Å². The second-order valence-corrected chi connectivity index (χ2v) is 12.0. The molecule has 29 heavy (non-hydrogen) atoms. The normalized spacial score (nSPS) is 50.5. The van der Waals surface area contributed by atoms with E-state index in [0.29, 0.717) is 41.1 Å². The molecule has 0 aromatic heterocycles. The average Bonchev–Trinajstić information content (AvgIpc) is 3.04. The predicted molar refractivity (Wildman–Crippen MR) is 117 cm³/mol. The van der Waals surface area contributed by atoms with Crippen LogP contribution in [0.3, 0.4) is 0 Å². The first-order valence-electron chi connectivity index (χ1n) is 12.8. The molecule has 168 valence electrons. The Balaban J connectivity index is 1.49. The van der Waals surface area contributed by atoms with E-state index in [1.165, 1.54) is 38.5 Å². The van der Waals surface area contributed by atoms with E-state index in [4.69, 9.17) is 5.11 Å². The summed E-state index contributed by atoms with van der Waals surface area (Å²) >= 11 is 0. The van der Waals surface area contributed by atoms with Crippen molar-refractivity contribution in [3.63, 3.8) is 0 Å². The predicted octanol–water partition coefficient (Wildman–Crippen LogP) is 5.17. The van der Waals surface area contributed by atoms with Crippen molar-refractivity contribution in [3.05, 3.63) is 0 Å². The van der Waals surface area contributed by atoms with Crippen molar-refractivity contribution in [3.8, 4) is 0 Å². The molecule has 4 fully saturated rings. The summed E-state index contributed by atoms with van der Waals surface area (Å²) in [7, 11) is 0. The fourth-order valence-electron chi connectivity index (χ4n) is 9.13. The quantitative estimate of drug-likeness (QED) is 0.534. The zero-order valence-electron chi connectivity index (χ0n) is 19.2. The minimum absolute atomic E-state index is 0.145. The number of hydrogen-bond donors (Lipinski definition) is 3. The summed E-state index contributed by atoms with van der Waals surface area (Å²) in [6.07, 6.45) is 13.5. The van der Waals surface area contributed by atoms with E-state index in [9.17, 15) is 10.2 Å². The molecular weight excluding hydrogens is 360 g/mol. The first-order valence-corrected chi connectivity index (χ1v) is 12.8. The molecule has 4 aliphatic rings. The summed E-state index contributed by atoms with van der Waals surface area (Å²) < 4.78 is 0. The Bertz CT molecular complexity index is 564. The molecule has 0 heterocycles. The zero-order valence-corrected chi connectivity index (χ0v) is 19.2. The molecule has 0 spiro atoms. The Kier molecular flexibility index (Phi) is 6.42. The van der Waals surface area contributed by atoms with Gasteiger partial charge >= 0.3 is 0 Å². The van der Waals surface area contributed by atoms with Crippen molar-refractivity contribution < 1.29 is 15.3 Å². The fraction of sp³-hybridized carbons (Fsp3) is 1.00. The topological polar surface area (TPSA) is 60.7 Å². The maximum absolute atomic E-state index is 11.3. The first-order chi connectivity index (χ1) is 13.8. The van der Waals surface area contributed by atoms with Crippen molar-refractivity contribution in [2.24, 2.45) is 46.3 Å². The molecule has 0 radical (unpaired) electrons. The highest BCUT2D eigenvalue weighted by Gasteiger charge is 2.62. The monoisotopic (exact) mass is 406 g/mol. The number of fused-ring (bicyclic) bond motifs is 5. The van der Waals surface area contributed by atoms with Gasteiger partial charge in [-0.1, -0.05) is 40.0 Å². The lowest BCUT2D eigenvalue weighted by molar-refractivity contribution is -0.174. The Labute approximate surface area is 178 Å². The Morgan fingerprint density at radius 3 is 2.34 bits per heavy atom. The Hall–Kier alpha value is -0.120. The lowest BCUT2D eigenvalue weighted by Gasteiger charge is -2.62. The van der Waals surface area contributed by atoms with Crippen LogP contribution in [0.1, 0.15) is 97.8 Å². The number of aliphatic hydroxyl groups is 3. The SMILES string of the molecule is C[C@H](CCCCCO)[C@H]1CC[C@H]2[C@@H]3[C@@H](O)C[C@@H]4C[C@H](O)CC[C@]4(C)[C@H]3CC[C@]12C. The zero-order chi connectivity index (χ0) is 20.8. The van der Waals surface area contributed by atoms with E-state index in [1.54, 1.807) is 0 Å². The maximum atomic E-state index is 11.3. The molecule has 4 rings (SSSR count). The van der Waals surface area contributed by atoms with Gasteiger partial charge in [0.1, 0.15) is 0 Å². The smallest absolute Gasteiger partial charge is 0.0577 e. The molecule has 3 nitrogen and oxygen atoms in total. The molecule has 0 unspecified atom stereocenters. The van der Waals surface area contributed by atoms with Crippen LogP contribution in [0, 0.1) is 46.3 Å². The number of aliphatic hydroxyl groups excluding tert-OH is 3. The molecule has 4 saturated carbocycles. The summed E-state index contributed by atoms with van der Waals surface area (Å²) in [6.45, 7) is 7.88. The molecule has 4 aliphatic carbocycles. The van der Waals surface area contributed by atoms with Crippen molar-refractivity contribution >= 4 is 0 Å². The van der Waals surface area contributed by atoms with Gasteiger partial charge in [0, 0.05) is 6.61 Å². The van der Waals surface area contributed by atoms with Crippen LogP contribution in [0.25, 0.3) is 0 Å². The van der Waals surface area contributed by atoms with Gasteiger partial charge in [0.05, 0.1) is 12.2 Å². The third-order valence-corrected chi connectivity index (χ3v) is 10.7. The second-order valence-electron chi connectivity index (χ2n) is 12.0. The van der Waals surface area contributed by atoms with Crippen LogP contribution in [0.5, 0.6) is 0 Å². The first kappa shape index (κ1) is 22.1. The molecule has 10 atom stereocenters. The van der Waals surface area contributed by atoms with E-state index >= 15 is 0 Å². The minimum atomic E-state index is -0.161. The molecule has 0 aliphatic heterocycles. The summed E-state index contributed by atoms with van der Waals surface area (Å²) in [5, 5.41) is 30.6. The van der Waals surface area contributed by atoms with E-state index in [-0.39, 0.29) is 12.2 Å². The van der Waals surface area contributed by atoms with Crippen LogP contribution in [-0.4, -0.2) is 34.1 Å². The van der Waals surface area contributed by atoms with Crippen molar-refractivity contribution in [1.82, 2.24) is 0 Å². The van der Waals surface area contributed by atoms with Gasteiger partial charge in [-0.25, -0.2) is 0 Å². The largest absolute Gasteiger partial charge is 0.396 e. The van der Waals surface area contributed by atoms with Crippen LogP contribution in [0.4, 0.5) is 0 Å². The molecule has 0 bridgehead atoms. The third kappa shape index (κ3) is 3.72. The van der Waals surface area contributed by atoms with Gasteiger partial charge in [-0.15, -0.1) is 0 Å². The van der Waals surface area contributed by atoms with Gasteiger partial charge in [0.15, 0.2) is 0 Å². The highest BCUT2D eigenvalue weighted by Crippen LogP contribution is 2.68. The van der Waals surface area contributed by atoms with E-state index in [1.807, 2.05) is 0 Å². The van der Waals surface area contributed by atoms with E-state index < -0.39 is 0 Å². The van der Waals surface area contributed by atoms with Crippen LogP contribution in [0.2, 0.25) is 0 Å². The third-order valence-electron chi connectivity index (χ3n) is 10.7. The highest BCUT2D eigenvalue weighted by molar-refractivity contribution is 5.11. The van der Waals surface area contributed by atoms with Gasteiger partial charge in [-0.2, -0.15) is 0 Å². The van der Waals surface area contributed by atoms with Gasteiger partial charge in [0.25, 0.3) is 0 Å². The summed E-state index contributed by atoms with van der Waals surface area (Å²) in [6, 6.07) is 0. The molecule has 3 heteroatoms. The molecule has 0 amide bonds.